The second kappa shape index (κ2) is 6.97. The molecule has 1 aliphatic heterocycles. The lowest BCUT2D eigenvalue weighted by Crippen LogP contribution is -2.20. The first-order chi connectivity index (χ1) is 14.2. The number of carbonyl (C=O) groups is 1. The molecule has 0 amide bonds. The van der Waals surface area contributed by atoms with Gasteiger partial charge in [-0.05, 0) is 42.9 Å². The van der Waals surface area contributed by atoms with Crippen molar-refractivity contribution in [3.8, 4) is 22.5 Å². The van der Waals surface area contributed by atoms with Crippen LogP contribution in [-0.4, -0.2) is 26.5 Å². The highest BCUT2D eigenvalue weighted by Crippen LogP contribution is 2.43. The molecule has 0 aromatic heterocycles. The molecule has 30 heavy (non-hydrogen) atoms. The van der Waals surface area contributed by atoms with E-state index in [1.165, 1.54) is 25.2 Å². The highest BCUT2D eigenvalue weighted by atomic mass is 32.2. The first kappa shape index (κ1) is 19.6. The fourth-order valence-electron chi connectivity index (χ4n) is 3.50. The molecule has 0 saturated carbocycles. The monoisotopic (exact) mass is 423 g/mol. The van der Waals surface area contributed by atoms with E-state index in [2.05, 4.69) is 4.72 Å². The van der Waals surface area contributed by atoms with Crippen LogP contribution in [0.5, 0.6) is 0 Å². The van der Waals surface area contributed by atoms with Gasteiger partial charge in [-0.3, -0.25) is 0 Å². The molecule has 8 nitrogen and oxygen atoms in total. The Morgan fingerprint density at radius 2 is 1.83 bits per heavy atom. The van der Waals surface area contributed by atoms with Gasteiger partial charge in [0.15, 0.2) is 5.58 Å². The number of aromatic carboxylic acids is 1. The van der Waals surface area contributed by atoms with Crippen molar-refractivity contribution >= 4 is 32.6 Å². The van der Waals surface area contributed by atoms with Crippen molar-refractivity contribution in [3.05, 3.63) is 65.5 Å². The summed E-state index contributed by atoms with van der Waals surface area (Å²) in [4.78, 5) is 11.6. The predicted molar refractivity (Wildman–Crippen MR) is 112 cm³/mol. The summed E-state index contributed by atoms with van der Waals surface area (Å²) in [7, 11) is -2.73. The second-order valence-electron chi connectivity index (χ2n) is 6.61. The molecule has 5 N–H and O–H groups in total. The first-order valence-corrected chi connectivity index (χ1v) is 10.3. The van der Waals surface area contributed by atoms with Crippen LogP contribution in [0.25, 0.3) is 33.4 Å². The van der Waals surface area contributed by atoms with Gasteiger partial charge in [0, 0.05) is 22.6 Å². The number of carboxylic acid groups (broad SMARTS) is 1. The molecule has 2 aromatic carbocycles. The minimum Gasteiger partial charge on any atom is -0.478 e. The van der Waals surface area contributed by atoms with Crippen LogP contribution < -0.4 is 15.8 Å². The predicted octanol–water partition coefficient (Wildman–Crippen LogP) is 2.87. The van der Waals surface area contributed by atoms with Gasteiger partial charge in [-0.1, -0.05) is 18.2 Å². The van der Waals surface area contributed by atoms with Crippen LogP contribution >= 0.6 is 0 Å². The number of hydrogen-bond donors (Lipinski definition) is 4. The molecule has 0 saturated heterocycles. The zero-order chi connectivity index (χ0) is 21.6. The number of anilines is 1. The summed E-state index contributed by atoms with van der Waals surface area (Å²) >= 11 is 0. The third-order valence-corrected chi connectivity index (χ3v) is 6.34. The summed E-state index contributed by atoms with van der Waals surface area (Å²) in [6.07, 6.45) is 0. The molecule has 1 heterocycles. The number of hydrogen-bond acceptors (Lipinski definition) is 6. The first-order valence-electron chi connectivity index (χ1n) is 8.84. The Bertz CT molecular complexity index is 1460. The smallest absolute Gasteiger partial charge is 0.336 e. The van der Waals surface area contributed by atoms with Gasteiger partial charge in [0.25, 0.3) is 0 Å². The molecule has 0 bridgehead atoms. The lowest BCUT2D eigenvalue weighted by Gasteiger charge is -2.19. The molecule has 9 heteroatoms. The highest BCUT2D eigenvalue weighted by Gasteiger charge is 2.27. The van der Waals surface area contributed by atoms with E-state index in [4.69, 9.17) is 15.6 Å². The van der Waals surface area contributed by atoms with Crippen LogP contribution in [0.15, 0.2) is 63.9 Å². The van der Waals surface area contributed by atoms with Crippen LogP contribution in [0.2, 0.25) is 0 Å². The molecule has 0 spiro atoms. The zero-order valence-corrected chi connectivity index (χ0v) is 16.6. The van der Waals surface area contributed by atoms with E-state index >= 15 is 0 Å². The number of sulfonamides is 1. The molecule has 0 unspecified atom stereocenters. The van der Waals surface area contributed by atoms with E-state index in [1.54, 1.807) is 36.4 Å². The van der Waals surface area contributed by atoms with E-state index in [9.17, 15) is 18.3 Å². The molecule has 2 aliphatic rings. The Morgan fingerprint density at radius 3 is 2.53 bits per heavy atom. The van der Waals surface area contributed by atoms with Crippen LogP contribution in [0.4, 0.5) is 5.69 Å². The Hall–Kier alpha value is -3.69. The second-order valence-corrected chi connectivity index (χ2v) is 8.43. The molecule has 0 fully saturated rings. The van der Waals surface area contributed by atoms with Crippen molar-refractivity contribution in [2.24, 2.45) is 0 Å². The van der Waals surface area contributed by atoms with E-state index in [0.29, 0.717) is 22.1 Å². The van der Waals surface area contributed by atoms with Gasteiger partial charge < -0.3 is 20.7 Å². The Morgan fingerprint density at radius 1 is 1.10 bits per heavy atom. The van der Waals surface area contributed by atoms with E-state index in [1.807, 2.05) is 0 Å². The van der Waals surface area contributed by atoms with Gasteiger partial charge in [0.2, 0.25) is 10.0 Å². The molecule has 2 aromatic rings. The van der Waals surface area contributed by atoms with E-state index in [-0.39, 0.29) is 32.8 Å². The van der Waals surface area contributed by atoms with Crippen molar-refractivity contribution in [3.63, 3.8) is 0 Å². The average molecular weight is 423 g/mol. The largest absolute Gasteiger partial charge is 0.478 e. The molecule has 4 rings (SSSR count). The van der Waals surface area contributed by atoms with Crippen LogP contribution in [0, 0.1) is 5.41 Å². The molecule has 0 radical (unpaired) electrons. The highest BCUT2D eigenvalue weighted by molar-refractivity contribution is 7.89. The summed E-state index contributed by atoms with van der Waals surface area (Å²) < 4.78 is 33.5. The quantitative estimate of drug-likeness (QED) is 0.293. The maximum absolute atomic E-state index is 12.7. The number of rotatable bonds is 4. The summed E-state index contributed by atoms with van der Waals surface area (Å²) in [5, 5.41) is 18.2. The topological polar surface area (TPSA) is 146 Å². The van der Waals surface area contributed by atoms with Gasteiger partial charge in [-0.25, -0.2) is 17.9 Å². The van der Waals surface area contributed by atoms with Crippen molar-refractivity contribution in [1.82, 2.24) is 4.72 Å². The summed E-state index contributed by atoms with van der Waals surface area (Å²) in [5.74, 6) is -0.883. The fraction of sp³-hybridized carbons (Fsp3) is 0.0476. The lowest BCUT2D eigenvalue weighted by atomic mass is 9.90. The van der Waals surface area contributed by atoms with Gasteiger partial charge in [0.05, 0.1) is 16.6 Å². The molecular weight excluding hydrogens is 406 g/mol. The minimum atomic E-state index is -3.99. The van der Waals surface area contributed by atoms with Crippen LogP contribution in [0.1, 0.15) is 10.4 Å². The molecular formula is C21H17N3O5S. The van der Waals surface area contributed by atoms with Crippen molar-refractivity contribution in [2.45, 2.75) is 4.90 Å². The van der Waals surface area contributed by atoms with Gasteiger partial charge in [0.1, 0.15) is 10.7 Å². The summed E-state index contributed by atoms with van der Waals surface area (Å²) in [6, 6.07) is 14.1. The van der Waals surface area contributed by atoms with Crippen molar-refractivity contribution in [2.75, 3.05) is 12.8 Å². The normalized spacial score (nSPS) is 11.8. The Balaban J connectivity index is 2.30. The fourth-order valence-corrected chi connectivity index (χ4v) is 4.48. The number of nitrogens with one attached hydrogen (secondary N) is 2. The van der Waals surface area contributed by atoms with Crippen LogP contribution in [-0.2, 0) is 10.0 Å². The third kappa shape index (κ3) is 3.00. The summed E-state index contributed by atoms with van der Waals surface area (Å²) in [5.41, 5.74) is 7.42. The standard InChI is InChI=1S/C21H17N3O5S/c1-24-30(27,28)20-16(23)9-8-15-18(12-4-2-3-5-13(12)21(25)26)14-7-6-11(22)10-17(14)29-19(15)20/h2-10,22,24H,23H2,1H3,(H,25,26). The van der Waals surface area contributed by atoms with E-state index in [0.717, 1.165) is 0 Å². The molecule has 1 aliphatic carbocycles. The van der Waals surface area contributed by atoms with Crippen LogP contribution in [0.3, 0.4) is 0 Å². The Kier molecular flexibility index (Phi) is 4.56. The minimum absolute atomic E-state index is 0.0144. The van der Waals surface area contributed by atoms with Crippen molar-refractivity contribution in [1.29, 1.82) is 5.41 Å². The molecule has 0 atom stereocenters. The average Bonchev–Trinajstić information content (AvgIpc) is 2.71. The lowest BCUT2D eigenvalue weighted by molar-refractivity contribution is 0.0697. The number of carboxylic acids is 1. The van der Waals surface area contributed by atoms with E-state index < -0.39 is 16.0 Å². The number of nitrogen functional groups attached to an aromatic ring is 1. The number of fused-ring (bicyclic) bond motifs is 2. The SMILES string of the molecule is CNS(=O)(=O)c1c(N)ccc2c(-c3ccccc3C(=O)O)c3ccc(=N)cc-3oc12. The third-order valence-electron chi connectivity index (χ3n) is 4.84. The maximum Gasteiger partial charge on any atom is 0.336 e. The van der Waals surface area contributed by atoms with Crippen molar-refractivity contribution < 1.29 is 22.7 Å². The van der Waals surface area contributed by atoms with Gasteiger partial charge in [-0.15, -0.1) is 0 Å². The van der Waals surface area contributed by atoms with Gasteiger partial charge in [-0.2, -0.15) is 0 Å². The summed E-state index contributed by atoms with van der Waals surface area (Å²) in [6.45, 7) is 0. The van der Waals surface area contributed by atoms with Gasteiger partial charge >= 0.3 is 5.97 Å². The number of nitrogens with two attached hydrogens (primary N) is 1. The molecule has 152 valence electrons. The maximum atomic E-state index is 12.7. The Labute approximate surface area is 171 Å². The zero-order valence-electron chi connectivity index (χ0n) is 15.8. The number of benzene rings is 3.